The zero-order chi connectivity index (χ0) is 14.8. The first-order valence-corrected chi connectivity index (χ1v) is 8.41. The van der Waals surface area contributed by atoms with Gasteiger partial charge in [-0.05, 0) is 23.3 Å². The Morgan fingerprint density at radius 3 is 1.52 bits per heavy atom. The molecule has 0 aliphatic heterocycles. The number of aromatic carboxylic acids is 1. The van der Waals surface area contributed by atoms with Crippen LogP contribution in [0.25, 0.3) is 0 Å². The molecular weight excluding hydrogens is 344 g/mol. The van der Waals surface area contributed by atoms with Gasteiger partial charge >= 0.3 is 65.1 Å². The zero-order valence-corrected chi connectivity index (χ0v) is 17.2. The smallest absolute Gasteiger partial charge is 0.778 e. The number of hydrogen-bond donors (Lipinski definition) is 3. The number of benzene rings is 1. The average Bonchev–Trinajstić information content (AvgIpc) is 2.10. The molecule has 12 heteroatoms. The molecule has 1 rings (SSSR count). The second-order valence-corrected chi connectivity index (χ2v) is 7.12. The molecule has 8 nitrogen and oxygen atoms in total. The molecule has 0 bridgehead atoms. The van der Waals surface area contributed by atoms with Gasteiger partial charge in [0.25, 0.3) is 0 Å². The number of carboxylic acid groups (broad SMARTS) is 1. The van der Waals surface area contributed by atoms with Crippen LogP contribution in [0.2, 0.25) is 0 Å². The maximum absolute atomic E-state index is 10.8. The molecule has 0 saturated heterocycles. The first-order chi connectivity index (χ1) is 8.46. The Hall–Kier alpha value is 0.990. The van der Waals surface area contributed by atoms with E-state index in [1.54, 1.807) is 0 Å². The van der Waals surface area contributed by atoms with E-state index in [9.17, 15) is 23.7 Å². The van der Waals surface area contributed by atoms with E-state index in [1.165, 1.54) is 0 Å². The van der Waals surface area contributed by atoms with Gasteiger partial charge in [-0.15, -0.1) is 0 Å². The molecular formula is C9H10Na2O8P2. The van der Waals surface area contributed by atoms with Crippen LogP contribution in [0.4, 0.5) is 0 Å². The molecule has 0 saturated carbocycles. The van der Waals surface area contributed by atoms with Crippen LogP contribution in [0.15, 0.2) is 18.2 Å². The van der Waals surface area contributed by atoms with Crippen LogP contribution < -0.4 is 68.9 Å². The molecule has 0 heterocycles. The van der Waals surface area contributed by atoms with Crippen LogP contribution in [0, 0.1) is 0 Å². The van der Waals surface area contributed by atoms with Gasteiger partial charge in [0, 0.05) is 12.3 Å². The van der Waals surface area contributed by atoms with Gasteiger partial charge in [-0.3, -0.25) is 0 Å². The van der Waals surface area contributed by atoms with Crippen molar-refractivity contribution in [3.63, 3.8) is 0 Å². The van der Waals surface area contributed by atoms with Gasteiger partial charge in [0.1, 0.15) is 15.2 Å². The summed E-state index contributed by atoms with van der Waals surface area (Å²) in [6.07, 6.45) is -1.65. The summed E-state index contributed by atoms with van der Waals surface area (Å²) in [5.74, 6) is -1.39. The fraction of sp³-hybridized carbons (Fsp3) is 0.222. The van der Waals surface area contributed by atoms with Gasteiger partial charge in [0.05, 0.1) is 5.56 Å². The van der Waals surface area contributed by atoms with E-state index in [0.29, 0.717) is 0 Å². The second kappa shape index (κ2) is 9.33. The molecule has 0 aliphatic carbocycles. The third-order valence-electron chi connectivity index (χ3n) is 2.06. The van der Waals surface area contributed by atoms with E-state index in [2.05, 4.69) is 0 Å². The van der Waals surface area contributed by atoms with Crippen molar-refractivity contribution in [2.45, 2.75) is 12.3 Å². The van der Waals surface area contributed by atoms with Gasteiger partial charge in [0.2, 0.25) is 0 Å². The van der Waals surface area contributed by atoms with Crippen molar-refractivity contribution in [2.75, 3.05) is 0 Å². The topological polar surface area (TPSA) is 158 Å². The normalized spacial score (nSPS) is 15.8. The minimum Gasteiger partial charge on any atom is -0.778 e. The fourth-order valence-corrected chi connectivity index (χ4v) is 2.82. The van der Waals surface area contributed by atoms with Crippen molar-refractivity contribution < 1.29 is 97.7 Å². The van der Waals surface area contributed by atoms with Gasteiger partial charge in [-0.1, -0.05) is 6.07 Å². The van der Waals surface area contributed by atoms with Crippen LogP contribution in [0.3, 0.4) is 0 Å². The summed E-state index contributed by atoms with van der Waals surface area (Å²) < 4.78 is 21.5. The zero-order valence-electron chi connectivity index (χ0n) is 11.4. The summed E-state index contributed by atoms with van der Waals surface area (Å²) in [6.45, 7) is 0. The Morgan fingerprint density at radius 1 is 0.952 bits per heavy atom. The molecule has 2 unspecified atom stereocenters. The Morgan fingerprint density at radius 2 is 1.29 bits per heavy atom. The predicted molar refractivity (Wildman–Crippen MR) is 60.5 cm³/mol. The molecule has 0 spiro atoms. The third-order valence-corrected chi connectivity index (χ3v) is 3.59. The Bertz CT molecular complexity index is 551. The van der Waals surface area contributed by atoms with E-state index in [1.807, 2.05) is 0 Å². The summed E-state index contributed by atoms with van der Waals surface area (Å²) in [5, 5.41) is 8.81. The molecule has 0 aliphatic rings. The molecule has 0 radical (unpaired) electrons. The van der Waals surface area contributed by atoms with Crippen LogP contribution in [-0.2, 0) is 21.5 Å². The van der Waals surface area contributed by atoms with Crippen molar-refractivity contribution in [2.24, 2.45) is 0 Å². The van der Waals surface area contributed by atoms with E-state index in [0.717, 1.165) is 18.2 Å². The molecule has 0 amide bonds. The molecule has 1 aromatic rings. The first-order valence-electron chi connectivity index (χ1n) is 4.88. The van der Waals surface area contributed by atoms with Crippen molar-refractivity contribution in [3.8, 4) is 0 Å². The molecule has 1 aromatic carbocycles. The molecule has 106 valence electrons. The number of rotatable bonds is 5. The SMILES string of the molecule is O=C(O)c1cc(CP(=O)([O-])O)cc(CP(=O)([O-])O)c1.[Na+].[Na+]. The van der Waals surface area contributed by atoms with Crippen molar-refractivity contribution in [3.05, 3.63) is 34.9 Å². The molecule has 0 aromatic heterocycles. The molecule has 3 N–H and O–H groups in total. The Kier molecular flexibility index (Phi) is 10.8. The van der Waals surface area contributed by atoms with Crippen LogP contribution >= 0.6 is 15.2 Å². The number of hydrogen-bond acceptors (Lipinski definition) is 5. The van der Waals surface area contributed by atoms with Crippen LogP contribution in [0.1, 0.15) is 21.5 Å². The Labute approximate surface area is 164 Å². The summed E-state index contributed by atoms with van der Waals surface area (Å²) in [6, 6.07) is 3.09. The van der Waals surface area contributed by atoms with Gasteiger partial charge in [-0.25, -0.2) is 4.79 Å². The van der Waals surface area contributed by atoms with Crippen molar-refractivity contribution in [1.82, 2.24) is 0 Å². The van der Waals surface area contributed by atoms with Crippen molar-refractivity contribution in [1.29, 1.82) is 0 Å². The summed E-state index contributed by atoms with van der Waals surface area (Å²) >= 11 is 0. The fourth-order valence-electron chi connectivity index (χ4n) is 1.53. The summed E-state index contributed by atoms with van der Waals surface area (Å²) in [7, 11) is -9.32. The van der Waals surface area contributed by atoms with E-state index < -0.39 is 33.5 Å². The maximum Gasteiger partial charge on any atom is 1.00 e. The predicted octanol–water partition coefficient (Wildman–Crippen LogP) is -6.52. The minimum absolute atomic E-state index is 0. The monoisotopic (exact) mass is 354 g/mol. The third kappa shape index (κ3) is 10.4. The van der Waals surface area contributed by atoms with E-state index in [4.69, 9.17) is 14.9 Å². The van der Waals surface area contributed by atoms with E-state index >= 15 is 0 Å². The van der Waals surface area contributed by atoms with Gasteiger partial charge < -0.3 is 33.8 Å². The maximum atomic E-state index is 10.8. The standard InChI is InChI=1S/C9H12O8P2.2Na/c10-9(11)8-2-6(4-18(12,13)14)1-7(3-8)5-19(15,16)17;;/h1-3H,4-5H2,(H,10,11)(H2,12,13,14)(H2,15,16,17);;/q;2*+1/p-2. The number of carbonyl (C=O) groups is 1. The summed E-state index contributed by atoms with van der Waals surface area (Å²) in [5.41, 5.74) is -0.497. The van der Waals surface area contributed by atoms with Gasteiger partial charge in [-0.2, -0.15) is 0 Å². The van der Waals surface area contributed by atoms with Crippen molar-refractivity contribution >= 4 is 21.2 Å². The minimum atomic E-state index is -4.66. The average molecular weight is 354 g/mol. The van der Waals surface area contributed by atoms with E-state index in [-0.39, 0.29) is 75.8 Å². The Balaban J connectivity index is 0. The van der Waals surface area contributed by atoms with Gasteiger partial charge in [0.15, 0.2) is 0 Å². The van der Waals surface area contributed by atoms with Crippen LogP contribution in [-0.4, -0.2) is 20.9 Å². The number of carboxylic acids is 1. The molecule has 0 fully saturated rings. The van der Waals surface area contributed by atoms with Crippen LogP contribution in [0.5, 0.6) is 0 Å². The quantitative estimate of drug-likeness (QED) is 0.348. The molecule has 2 atom stereocenters. The second-order valence-electron chi connectivity index (χ2n) is 3.93. The largest absolute Gasteiger partial charge is 1.00 e. The first kappa shape index (κ1) is 24.2. The summed E-state index contributed by atoms with van der Waals surface area (Å²) in [4.78, 5) is 49.7. The molecule has 21 heavy (non-hydrogen) atoms.